The van der Waals surface area contributed by atoms with Gasteiger partial charge in [0, 0.05) is 15.6 Å². The molecule has 1 aromatic heterocycles. The van der Waals surface area contributed by atoms with Gasteiger partial charge in [-0.05, 0) is 30.7 Å². The lowest BCUT2D eigenvalue weighted by molar-refractivity contribution is 0.629. The summed E-state index contributed by atoms with van der Waals surface area (Å²) in [6, 6.07) is 12.7. The molecule has 0 saturated heterocycles. The number of anilines is 1. The van der Waals surface area contributed by atoms with Crippen molar-refractivity contribution in [1.29, 1.82) is 0 Å². The van der Waals surface area contributed by atoms with Gasteiger partial charge in [-0.1, -0.05) is 40.2 Å². The fourth-order valence-corrected chi connectivity index (χ4v) is 2.79. The van der Waals surface area contributed by atoms with Crippen molar-refractivity contribution >= 4 is 21.7 Å². The van der Waals surface area contributed by atoms with E-state index in [1.165, 1.54) is 6.07 Å². The number of hydrogen-bond acceptors (Lipinski definition) is 2. The lowest BCUT2D eigenvalue weighted by atomic mass is 10.00. The first-order valence-corrected chi connectivity index (χ1v) is 7.22. The number of benzene rings is 2. The smallest absolute Gasteiger partial charge is 0.153 e. The minimum absolute atomic E-state index is 0.299. The van der Waals surface area contributed by atoms with E-state index in [2.05, 4.69) is 26.1 Å². The van der Waals surface area contributed by atoms with E-state index in [1.807, 2.05) is 37.3 Å². The Morgan fingerprint density at radius 3 is 2.62 bits per heavy atom. The molecule has 0 fully saturated rings. The van der Waals surface area contributed by atoms with Crippen LogP contribution in [0.4, 0.5) is 10.2 Å². The quantitative estimate of drug-likeness (QED) is 0.716. The molecule has 0 unspecified atom stereocenters. The summed E-state index contributed by atoms with van der Waals surface area (Å²) < 4.78 is 15.1. The third-order valence-electron chi connectivity index (χ3n) is 3.33. The normalized spacial score (nSPS) is 10.8. The highest BCUT2D eigenvalue weighted by Crippen LogP contribution is 2.39. The third-order valence-corrected chi connectivity index (χ3v) is 4.02. The van der Waals surface area contributed by atoms with Crippen LogP contribution in [0.25, 0.3) is 22.4 Å². The van der Waals surface area contributed by atoms with Crippen molar-refractivity contribution in [2.24, 2.45) is 0 Å². The average Bonchev–Trinajstić information content (AvgIpc) is 2.81. The van der Waals surface area contributed by atoms with E-state index in [9.17, 15) is 4.39 Å². The summed E-state index contributed by atoms with van der Waals surface area (Å²) in [5.41, 5.74) is 9.45. The summed E-state index contributed by atoms with van der Waals surface area (Å²) in [5, 5.41) is 6.88. The lowest BCUT2D eigenvalue weighted by Crippen LogP contribution is -1.91. The topological polar surface area (TPSA) is 54.7 Å². The number of rotatable bonds is 2. The highest BCUT2D eigenvalue weighted by molar-refractivity contribution is 9.10. The lowest BCUT2D eigenvalue weighted by Gasteiger charge is -2.08. The van der Waals surface area contributed by atoms with Crippen molar-refractivity contribution < 1.29 is 4.39 Å². The van der Waals surface area contributed by atoms with Crippen LogP contribution < -0.4 is 5.73 Å². The Bertz CT molecular complexity index is 811. The molecule has 0 spiro atoms. The molecule has 0 aliphatic heterocycles. The molecule has 106 valence electrons. The molecule has 0 amide bonds. The summed E-state index contributed by atoms with van der Waals surface area (Å²) in [6.45, 7) is 1.85. The number of aryl methyl sites for hydroxylation is 1. The molecular formula is C16H13BrFN3. The number of hydrogen-bond donors (Lipinski definition) is 2. The molecule has 0 bridgehead atoms. The molecule has 3 aromatic rings. The van der Waals surface area contributed by atoms with Crippen LogP contribution in [0.3, 0.4) is 0 Å². The van der Waals surface area contributed by atoms with Crippen LogP contribution in [0.5, 0.6) is 0 Å². The Balaban J connectivity index is 2.25. The molecule has 5 heteroatoms. The van der Waals surface area contributed by atoms with Crippen LogP contribution in [-0.2, 0) is 0 Å². The maximum absolute atomic E-state index is 14.2. The molecule has 0 atom stereocenters. The number of aromatic nitrogens is 2. The van der Waals surface area contributed by atoms with Gasteiger partial charge in [0.2, 0.25) is 0 Å². The van der Waals surface area contributed by atoms with E-state index in [0.29, 0.717) is 22.6 Å². The number of aromatic amines is 1. The average molecular weight is 346 g/mol. The number of nitrogens with one attached hydrogen (secondary N) is 1. The van der Waals surface area contributed by atoms with E-state index in [1.54, 1.807) is 6.07 Å². The largest absolute Gasteiger partial charge is 0.382 e. The van der Waals surface area contributed by atoms with Gasteiger partial charge in [-0.2, -0.15) is 5.10 Å². The van der Waals surface area contributed by atoms with E-state index in [-0.39, 0.29) is 5.82 Å². The van der Waals surface area contributed by atoms with Crippen LogP contribution >= 0.6 is 15.9 Å². The summed E-state index contributed by atoms with van der Waals surface area (Å²) in [4.78, 5) is 0. The molecule has 0 aliphatic rings. The summed E-state index contributed by atoms with van der Waals surface area (Å²) in [5.74, 6) is 0.0452. The zero-order valence-corrected chi connectivity index (χ0v) is 12.9. The predicted octanol–water partition coefficient (Wildman–Crippen LogP) is 4.54. The minimum atomic E-state index is -0.299. The first kappa shape index (κ1) is 13.8. The van der Waals surface area contributed by atoms with Crippen molar-refractivity contribution in [1.82, 2.24) is 10.2 Å². The molecule has 3 N–H and O–H groups in total. The van der Waals surface area contributed by atoms with Crippen molar-refractivity contribution in [2.75, 3.05) is 5.73 Å². The molecule has 0 saturated carbocycles. The second-order valence-corrected chi connectivity index (χ2v) is 5.68. The van der Waals surface area contributed by atoms with Gasteiger partial charge in [0.25, 0.3) is 0 Å². The van der Waals surface area contributed by atoms with E-state index < -0.39 is 0 Å². The van der Waals surface area contributed by atoms with Crippen molar-refractivity contribution in [3.05, 3.63) is 58.3 Å². The van der Waals surface area contributed by atoms with Crippen LogP contribution in [0.15, 0.2) is 46.9 Å². The Hall–Kier alpha value is -2.14. The monoisotopic (exact) mass is 345 g/mol. The highest BCUT2D eigenvalue weighted by atomic mass is 79.9. The maximum atomic E-state index is 14.2. The zero-order chi connectivity index (χ0) is 15.0. The molecule has 3 nitrogen and oxygen atoms in total. The first-order valence-electron chi connectivity index (χ1n) is 6.43. The molecular weight excluding hydrogens is 333 g/mol. The Morgan fingerprint density at radius 2 is 1.90 bits per heavy atom. The number of nitrogens with zero attached hydrogens (tertiary/aromatic N) is 1. The summed E-state index contributed by atoms with van der Waals surface area (Å²) >= 11 is 3.50. The van der Waals surface area contributed by atoms with Crippen molar-refractivity contribution in [2.45, 2.75) is 6.92 Å². The number of nitrogen functional groups attached to an aromatic ring is 1. The molecule has 1 heterocycles. The second kappa shape index (κ2) is 5.33. The van der Waals surface area contributed by atoms with Crippen LogP contribution in [-0.4, -0.2) is 10.2 Å². The van der Waals surface area contributed by atoms with Gasteiger partial charge in [0.15, 0.2) is 5.82 Å². The van der Waals surface area contributed by atoms with Crippen LogP contribution in [0, 0.1) is 12.7 Å². The molecule has 0 aliphatic carbocycles. The Labute approximate surface area is 130 Å². The molecule has 2 aromatic carbocycles. The van der Waals surface area contributed by atoms with Gasteiger partial charge < -0.3 is 5.73 Å². The molecule has 0 radical (unpaired) electrons. The minimum Gasteiger partial charge on any atom is -0.382 e. The van der Waals surface area contributed by atoms with E-state index in [4.69, 9.17) is 5.73 Å². The van der Waals surface area contributed by atoms with Gasteiger partial charge in [0.1, 0.15) is 5.82 Å². The van der Waals surface area contributed by atoms with Gasteiger partial charge in [-0.3, -0.25) is 5.10 Å². The second-order valence-electron chi connectivity index (χ2n) is 4.82. The van der Waals surface area contributed by atoms with Crippen molar-refractivity contribution in [3.8, 4) is 22.4 Å². The maximum Gasteiger partial charge on any atom is 0.153 e. The zero-order valence-electron chi connectivity index (χ0n) is 11.3. The van der Waals surface area contributed by atoms with E-state index >= 15 is 0 Å². The van der Waals surface area contributed by atoms with Gasteiger partial charge in [-0.25, -0.2) is 4.39 Å². The Morgan fingerprint density at radius 1 is 1.14 bits per heavy atom. The molecule has 3 rings (SSSR count). The van der Waals surface area contributed by atoms with Gasteiger partial charge in [0.05, 0.1) is 11.3 Å². The van der Waals surface area contributed by atoms with Crippen LogP contribution in [0.1, 0.15) is 5.56 Å². The van der Waals surface area contributed by atoms with E-state index in [0.717, 1.165) is 15.6 Å². The number of nitrogens with two attached hydrogens (primary N) is 1. The van der Waals surface area contributed by atoms with Crippen LogP contribution in [0.2, 0.25) is 0 Å². The fourth-order valence-electron chi connectivity index (χ4n) is 2.31. The highest BCUT2D eigenvalue weighted by Gasteiger charge is 2.19. The first-order chi connectivity index (χ1) is 10.1. The van der Waals surface area contributed by atoms with Crippen molar-refractivity contribution in [3.63, 3.8) is 0 Å². The fraction of sp³-hybridized carbons (Fsp3) is 0.0625. The predicted molar refractivity (Wildman–Crippen MR) is 86.3 cm³/mol. The summed E-state index contributed by atoms with van der Waals surface area (Å²) in [7, 11) is 0. The van der Waals surface area contributed by atoms with Gasteiger partial charge in [-0.15, -0.1) is 0 Å². The Kier molecular flexibility index (Phi) is 3.51. The number of H-pyrrole nitrogens is 1. The van der Waals surface area contributed by atoms with Gasteiger partial charge >= 0.3 is 0 Å². The number of halogens is 2. The summed E-state index contributed by atoms with van der Waals surface area (Å²) in [6.07, 6.45) is 0. The third kappa shape index (κ3) is 2.45. The molecule has 21 heavy (non-hydrogen) atoms. The SMILES string of the molecule is Cc1ccc(-c2[nH]nc(N)c2-c2ccccc2Br)c(F)c1. The standard InChI is InChI=1S/C16H13BrFN3/c1-9-6-7-11(13(18)8-9)15-14(16(19)21-20-15)10-4-2-3-5-12(10)17/h2-8H,1H3,(H3,19,20,21).